The Bertz CT molecular complexity index is 1410. The van der Waals surface area contributed by atoms with E-state index in [1.54, 1.807) is 24.3 Å². The van der Waals surface area contributed by atoms with Crippen molar-refractivity contribution in [3.05, 3.63) is 136 Å². The van der Waals surface area contributed by atoms with Crippen molar-refractivity contribution in [1.82, 2.24) is 0 Å². The fourth-order valence-electron chi connectivity index (χ4n) is 4.82. The number of hydrogen-bond donors (Lipinski definition) is 1. The van der Waals surface area contributed by atoms with Crippen LogP contribution in [0.4, 0.5) is 5.69 Å². The molecule has 0 atom stereocenters. The maximum absolute atomic E-state index is 12.6. The van der Waals surface area contributed by atoms with Crippen LogP contribution >= 0.6 is 0 Å². The highest BCUT2D eigenvalue weighted by atomic mass is 16.1. The van der Waals surface area contributed by atoms with Crippen molar-refractivity contribution in [2.45, 2.75) is 58.8 Å². The van der Waals surface area contributed by atoms with Crippen molar-refractivity contribution in [3.8, 4) is 0 Å². The molecule has 0 aliphatic carbocycles. The van der Waals surface area contributed by atoms with Crippen molar-refractivity contribution in [2.75, 3.05) is 5.32 Å². The molecular formula is C35H37NO2. The molecule has 0 saturated carbocycles. The van der Waals surface area contributed by atoms with E-state index >= 15 is 0 Å². The lowest BCUT2D eigenvalue weighted by Crippen LogP contribution is -2.21. The summed E-state index contributed by atoms with van der Waals surface area (Å²) in [6.45, 7) is 12.7. The second kappa shape index (κ2) is 10.8. The lowest BCUT2D eigenvalue weighted by molar-refractivity contribution is 0.101. The molecule has 1 N–H and O–H groups in total. The van der Waals surface area contributed by atoms with Crippen molar-refractivity contribution < 1.29 is 9.59 Å². The van der Waals surface area contributed by atoms with Gasteiger partial charge in [0.05, 0.1) is 0 Å². The molecule has 0 unspecified atom stereocenters. The molecule has 4 aromatic carbocycles. The van der Waals surface area contributed by atoms with Gasteiger partial charge in [-0.15, -0.1) is 0 Å². The van der Waals surface area contributed by atoms with E-state index in [0.717, 1.165) is 12.1 Å². The molecular weight excluding hydrogens is 466 g/mol. The Balaban J connectivity index is 1.48. The third-order valence-electron chi connectivity index (χ3n) is 7.83. The van der Waals surface area contributed by atoms with Gasteiger partial charge in [-0.05, 0) is 65.4 Å². The number of rotatable bonds is 8. The highest BCUT2D eigenvalue weighted by Gasteiger charge is 2.26. The molecule has 3 heteroatoms. The van der Waals surface area contributed by atoms with Gasteiger partial charge < -0.3 is 5.32 Å². The zero-order valence-corrected chi connectivity index (χ0v) is 23.3. The number of aryl methyl sites for hydroxylation is 1. The van der Waals surface area contributed by atoms with E-state index < -0.39 is 0 Å². The Hall–Kier alpha value is -3.98. The van der Waals surface area contributed by atoms with Gasteiger partial charge in [-0.1, -0.05) is 107 Å². The highest BCUT2D eigenvalue weighted by molar-refractivity contribution is 6.05. The number of anilines is 1. The molecule has 4 rings (SSSR count). The smallest absolute Gasteiger partial charge is 0.255 e. The molecule has 194 valence electrons. The fraction of sp³-hybridized carbons (Fsp3) is 0.257. The number of amides is 1. The van der Waals surface area contributed by atoms with E-state index in [2.05, 4.69) is 101 Å². The topological polar surface area (TPSA) is 46.2 Å². The zero-order chi connectivity index (χ0) is 27.5. The summed E-state index contributed by atoms with van der Waals surface area (Å²) in [6, 6.07) is 32.6. The van der Waals surface area contributed by atoms with Gasteiger partial charge in [0.25, 0.3) is 5.91 Å². The molecule has 3 nitrogen and oxygen atoms in total. The molecule has 0 fully saturated rings. The van der Waals surface area contributed by atoms with Crippen molar-refractivity contribution in [1.29, 1.82) is 0 Å². The third kappa shape index (κ3) is 5.62. The first-order valence-electron chi connectivity index (χ1n) is 13.3. The van der Waals surface area contributed by atoms with Crippen LogP contribution in [0.3, 0.4) is 0 Å². The summed E-state index contributed by atoms with van der Waals surface area (Å²) in [7, 11) is 0. The van der Waals surface area contributed by atoms with Gasteiger partial charge in [-0.2, -0.15) is 0 Å². The number of carbonyl (C=O) groups is 2. The fourth-order valence-corrected chi connectivity index (χ4v) is 4.82. The number of hydrogen-bond acceptors (Lipinski definition) is 2. The maximum Gasteiger partial charge on any atom is 0.255 e. The molecule has 0 aliphatic rings. The average Bonchev–Trinajstić information content (AvgIpc) is 2.93. The van der Waals surface area contributed by atoms with E-state index in [4.69, 9.17) is 0 Å². The van der Waals surface area contributed by atoms with Gasteiger partial charge in [0.15, 0.2) is 5.78 Å². The molecule has 0 radical (unpaired) electrons. The Kier molecular flexibility index (Phi) is 7.68. The quantitative estimate of drug-likeness (QED) is 0.246. The standard InChI is InChI=1S/C35H37NO2/c1-7-25-8-14-28(15-9-25)34(3,4)29-16-18-30(19-17-29)35(5,6)31-20-22-32(23-21-31)36-33(38)27-12-10-26(11-13-27)24(2)37/h8-23H,7H2,1-6H3,(H,36,38). The van der Waals surface area contributed by atoms with Crippen LogP contribution in [0.15, 0.2) is 97.1 Å². The minimum absolute atomic E-state index is 0.0183. The third-order valence-corrected chi connectivity index (χ3v) is 7.83. The average molecular weight is 504 g/mol. The minimum atomic E-state index is -0.199. The molecule has 38 heavy (non-hydrogen) atoms. The summed E-state index contributed by atoms with van der Waals surface area (Å²) in [4.78, 5) is 24.1. The second-order valence-corrected chi connectivity index (χ2v) is 11.0. The maximum atomic E-state index is 12.6. The lowest BCUT2D eigenvalue weighted by atomic mass is 9.74. The monoisotopic (exact) mass is 503 g/mol. The van der Waals surface area contributed by atoms with E-state index in [1.807, 2.05) is 12.1 Å². The normalized spacial score (nSPS) is 11.7. The summed E-state index contributed by atoms with van der Waals surface area (Å²) < 4.78 is 0. The van der Waals surface area contributed by atoms with Crippen LogP contribution < -0.4 is 5.32 Å². The van der Waals surface area contributed by atoms with E-state index in [1.165, 1.54) is 34.7 Å². The van der Waals surface area contributed by atoms with Gasteiger partial charge in [-0.25, -0.2) is 0 Å². The number of benzene rings is 4. The first-order chi connectivity index (χ1) is 18.0. The Morgan fingerprint density at radius 2 is 0.947 bits per heavy atom. The van der Waals surface area contributed by atoms with Gasteiger partial charge in [0.1, 0.15) is 0 Å². The highest BCUT2D eigenvalue weighted by Crippen LogP contribution is 2.36. The number of carbonyl (C=O) groups excluding carboxylic acids is 2. The molecule has 0 aliphatic heterocycles. The summed E-state index contributed by atoms with van der Waals surface area (Å²) in [5.41, 5.74) is 7.93. The Morgan fingerprint density at radius 1 is 0.579 bits per heavy atom. The summed E-state index contributed by atoms with van der Waals surface area (Å²) >= 11 is 0. The van der Waals surface area contributed by atoms with Crippen LogP contribution in [0, 0.1) is 0 Å². The van der Waals surface area contributed by atoms with Crippen molar-refractivity contribution >= 4 is 17.4 Å². The number of nitrogens with one attached hydrogen (secondary N) is 1. The minimum Gasteiger partial charge on any atom is -0.322 e. The summed E-state index contributed by atoms with van der Waals surface area (Å²) in [6.07, 6.45) is 1.05. The molecule has 0 saturated heterocycles. The summed E-state index contributed by atoms with van der Waals surface area (Å²) in [5, 5.41) is 2.95. The van der Waals surface area contributed by atoms with Crippen molar-refractivity contribution in [2.24, 2.45) is 0 Å². The van der Waals surface area contributed by atoms with Crippen molar-refractivity contribution in [3.63, 3.8) is 0 Å². The molecule has 1 amide bonds. The molecule has 0 spiro atoms. The van der Waals surface area contributed by atoms with Crippen LogP contribution in [0.1, 0.15) is 90.1 Å². The van der Waals surface area contributed by atoms with Gasteiger partial charge in [-0.3, -0.25) is 9.59 Å². The van der Waals surface area contributed by atoms with Crippen LogP contribution in [-0.2, 0) is 17.3 Å². The molecule has 0 aromatic heterocycles. The molecule has 0 heterocycles. The second-order valence-electron chi connectivity index (χ2n) is 11.0. The van der Waals surface area contributed by atoms with E-state index in [-0.39, 0.29) is 22.5 Å². The first-order valence-corrected chi connectivity index (χ1v) is 13.3. The van der Waals surface area contributed by atoms with E-state index in [0.29, 0.717) is 11.1 Å². The van der Waals surface area contributed by atoms with Gasteiger partial charge in [0.2, 0.25) is 0 Å². The summed E-state index contributed by atoms with van der Waals surface area (Å²) in [5.74, 6) is -0.218. The largest absolute Gasteiger partial charge is 0.322 e. The van der Waals surface area contributed by atoms with Crippen LogP contribution in [0.5, 0.6) is 0 Å². The van der Waals surface area contributed by atoms with Gasteiger partial charge >= 0.3 is 0 Å². The first kappa shape index (κ1) is 27.1. The number of ketones is 1. The lowest BCUT2D eigenvalue weighted by Gasteiger charge is -2.29. The predicted molar refractivity (Wildman–Crippen MR) is 157 cm³/mol. The van der Waals surface area contributed by atoms with Crippen LogP contribution in [0.2, 0.25) is 0 Å². The predicted octanol–water partition coefficient (Wildman–Crippen LogP) is 8.36. The van der Waals surface area contributed by atoms with E-state index in [9.17, 15) is 9.59 Å². The molecule has 0 bridgehead atoms. The van der Waals surface area contributed by atoms with Crippen LogP contribution in [0.25, 0.3) is 0 Å². The Morgan fingerprint density at radius 3 is 1.34 bits per heavy atom. The molecule has 4 aromatic rings. The Labute approximate surface area is 226 Å². The van der Waals surface area contributed by atoms with Gasteiger partial charge in [0, 0.05) is 27.6 Å². The number of Topliss-reactive ketones (excluding diaryl/α,β-unsaturated/α-hetero) is 1. The van der Waals surface area contributed by atoms with Crippen LogP contribution in [-0.4, -0.2) is 11.7 Å². The SMILES string of the molecule is CCc1ccc(C(C)(C)c2ccc(C(C)(C)c3ccc(NC(=O)c4ccc(C(C)=O)cc4)cc3)cc2)cc1. The zero-order valence-electron chi connectivity index (χ0n) is 23.3.